The Morgan fingerprint density at radius 1 is 1.19 bits per heavy atom. The van der Waals surface area contributed by atoms with E-state index in [9.17, 15) is 9.59 Å². The molecule has 2 aromatic rings. The van der Waals surface area contributed by atoms with Gasteiger partial charge in [-0.25, -0.2) is 4.79 Å². The van der Waals surface area contributed by atoms with Crippen molar-refractivity contribution >= 4 is 39.6 Å². The molecule has 27 heavy (non-hydrogen) atoms. The van der Waals surface area contributed by atoms with Gasteiger partial charge in [-0.1, -0.05) is 76.6 Å². The van der Waals surface area contributed by atoms with Crippen molar-refractivity contribution in [2.75, 3.05) is 5.33 Å². The van der Waals surface area contributed by atoms with Crippen LogP contribution in [0.1, 0.15) is 30.6 Å². The molecular weight excluding hydrogens is 426 g/mol. The van der Waals surface area contributed by atoms with Gasteiger partial charge in [0.15, 0.2) is 6.10 Å². The largest absolute Gasteiger partial charge is 0.451 e. The second-order valence-electron chi connectivity index (χ2n) is 7.06. The number of alkyl halides is 1. The predicted octanol–water partition coefficient (Wildman–Crippen LogP) is 4.15. The summed E-state index contributed by atoms with van der Waals surface area (Å²) in [5, 5.41) is 0.691. The van der Waals surface area contributed by atoms with E-state index < -0.39 is 16.9 Å². The second-order valence-corrected chi connectivity index (χ2v) is 9.34. The number of rotatable bonds is 5. The van der Waals surface area contributed by atoms with Crippen molar-refractivity contribution in [3.05, 3.63) is 71.8 Å². The Kier molecular flexibility index (Phi) is 5.03. The number of fused-ring (bicyclic) bond motifs is 1. The maximum atomic E-state index is 13.3. The first-order valence-electron chi connectivity index (χ1n) is 8.89. The van der Waals surface area contributed by atoms with E-state index in [-0.39, 0.29) is 17.3 Å². The Bertz CT molecular complexity index is 808. The average Bonchev–Trinajstić information content (AvgIpc) is 2.95. The van der Waals surface area contributed by atoms with Gasteiger partial charge in [0, 0.05) is 5.33 Å². The van der Waals surface area contributed by atoms with Crippen LogP contribution in [0.5, 0.6) is 0 Å². The van der Waals surface area contributed by atoms with E-state index in [1.165, 1.54) is 0 Å². The smallest absolute Gasteiger partial charge is 0.331 e. The quantitative estimate of drug-likeness (QED) is 0.394. The van der Waals surface area contributed by atoms with Crippen LogP contribution in [-0.2, 0) is 14.3 Å². The minimum absolute atomic E-state index is 0.0232. The first-order chi connectivity index (χ1) is 13.0. The molecule has 2 aromatic carbocycles. The normalized spacial score (nSPS) is 26.6. The summed E-state index contributed by atoms with van der Waals surface area (Å²) >= 11 is 5.21. The first-order valence-corrected chi connectivity index (χ1v) is 10.9. The van der Waals surface area contributed by atoms with E-state index in [4.69, 9.17) is 4.74 Å². The minimum Gasteiger partial charge on any atom is -0.451 e. The van der Waals surface area contributed by atoms with Crippen molar-refractivity contribution in [1.29, 1.82) is 0 Å². The van der Waals surface area contributed by atoms with Crippen LogP contribution in [-0.4, -0.2) is 38.3 Å². The van der Waals surface area contributed by atoms with Crippen molar-refractivity contribution < 1.29 is 14.3 Å². The van der Waals surface area contributed by atoms with Crippen molar-refractivity contribution in [2.24, 2.45) is 0 Å². The second kappa shape index (κ2) is 7.32. The fraction of sp³-hybridized carbons (Fsp3) is 0.333. The molecule has 0 saturated carbocycles. The van der Waals surface area contributed by atoms with Gasteiger partial charge in [0.1, 0.15) is 6.04 Å². The third kappa shape index (κ3) is 3.29. The Morgan fingerprint density at radius 2 is 1.74 bits per heavy atom. The van der Waals surface area contributed by atoms with Crippen molar-refractivity contribution in [3.8, 4) is 0 Å². The maximum absolute atomic E-state index is 13.3. The summed E-state index contributed by atoms with van der Waals surface area (Å²) in [4.78, 5) is 27.1. The van der Waals surface area contributed by atoms with Crippen LogP contribution in [0.4, 0.5) is 0 Å². The summed E-state index contributed by atoms with van der Waals surface area (Å²) in [6.45, 7) is 2.02. The van der Waals surface area contributed by atoms with Gasteiger partial charge < -0.3 is 9.64 Å². The standard InChI is InChI=1S/C21H20BrNO3S/c1-21(13-22)19(23-16(24)12-17(23)27-21)20(25)26-18(14-8-4-2-5-9-14)15-10-6-3-7-11-15/h2-11,17-19H,12-13H2,1H3. The van der Waals surface area contributed by atoms with Crippen molar-refractivity contribution in [2.45, 2.75) is 35.6 Å². The highest BCUT2D eigenvalue weighted by Gasteiger charge is 2.60. The lowest BCUT2D eigenvalue weighted by molar-refractivity contribution is -0.164. The molecule has 0 bridgehead atoms. The van der Waals surface area contributed by atoms with E-state index in [2.05, 4.69) is 15.9 Å². The molecule has 0 radical (unpaired) electrons. The number of amides is 1. The zero-order valence-corrected chi connectivity index (χ0v) is 17.3. The number of halogens is 1. The Balaban J connectivity index is 1.65. The molecule has 3 atom stereocenters. The molecule has 140 valence electrons. The van der Waals surface area contributed by atoms with Gasteiger partial charge in [0.05, 0.1) is 16.5 Å². The Labute approximate surface area is 171 Å². The summed E-state index contributed by atoms with van der Waals surface area (Å²) in [6, 6.07) is 18.8. The third-order valence-electron chi connectivity index (χ3n) is 5.14. The summed E-state index contributed by atoms with van der Waals surface area (Å²) in [5.41, 5.74) is 1.82. The number of hydrogen-bond acceptors (Lipinski definition) is 4. The van der Waals surface area contributed by atoms with Crippen LogP contribution in [0.25, 0.3) is 0 Å². The van der Waals surface area contributed by atoms with Gasteiger partial charge in [-0.05, 0) is 18.1 Å². The average molecular weight is 446 g/mol. The number of nitrogens with zero attached hydrogens (tertiary/aromatic N) is 1. The Morgan fingerprint density at radius 3 is 2.22 bits per heavy atom. The van der Waals surface area contributed by atoms with Crippen molar-refractivity contribution in [3.63, 3.8) is 0 Å². The summed E-state index contributed by atoms with van der Waals surface area (Å²) in [5.74, 6) is -0.326. The van der Waals surface area contributed by atoms with Gasteiger partial charge in [-0.2, -0.15) is 0 Å². The van der Waals surface area contributed by atoms with E-state index in [0.717, 1.165) is 11.1 Å². The number of hydrogen-bond donors (Lipinski definition) is 0. The molecule has 1 amide bonds. The van der Waals surface area contributed by atoms with E-state index in [1.807, 2.05) is 67.6 Å². The van der Waals surface area contributed by atoms with Crippen LogP contribution in [0.3, 0.4) is 0 Å². The molecule has 6 heteroatoms. The number of carbonyl (C=O) groups excluding carboxylic acids is 2. The van der Waals surface area contributed by atoms with Crippen LogP contribution in [0, 0.1) is 0 Å². The number of β-lactam (4-membered cyclic amide) rings is 1. The van der Waals surface area contributed by atoms with Crippen LogP contribution in [0.2, 0.25) is 0 Å². The molecule has 3 unspecified atom stereocenters. The lowest BCUT2D eigenvalue weighted by atomic mass is 9.97. The fourth-order valence-corrected chi connectivity index (χ4v) is 6.02. The van der Waals surface area contributed by atoms with Gasteiger partial charge in [-0.15, -0.1) is 11.8 Å². The molecule has 0 aliphatic carbocycles. The van der Waals surface area contributed by atoms with Crippen molar-refractivity contribution in [1.82, 2.24) is 4.90 Å². The first kappa shape index (κ1) is 18.6. The monoisotopic (exact) mass is 445 g/mol. The maximum Gasteiger partial charge on any atom is 0.331 e. The lowest BCUT2D eigenvalue weighted by Crippen LogP contribution is -2.58. The molecule has 4 rings (SSSR count). The fourth-order valence-electron chi connectivity index (χ4n) is 3.71. The molecule has 4 nitrogen and oxygen atoms in total. The van der Waals surface area contributed by atoms with Crippen LogP contribution in [0.15, 0.2) is 60.7 Å². The molecule has 2 saturated heterocycles. The zero-order chi connectivity index (χ0) is 19.0. The van der Waals surface area contributed by atoms with Crippen LogP contribution < -0.4 is 0 Å². The molecule has 0 spiro atoms. The number of thioether (sulfide) groups is 1. The highest BCUT2D eigenvalue weighted by molar-refractivity contribution is 9.09. The highest BCUT2D eigenvalue weighted by atomic mass is 79.9. The van der Waals surface area contributed by atoms with Crippen LogP contribution >= 0.6 is 27.7 Å². The molecule has 2 aliphatic heterocycles. The summed E-state index contributed by atoms with van der Waals surface area (Å²) < 4.78 is 5.64. The van der Waals surface area contributed by atoms with Gasteiger partial charge in [-0.3, -0.25) is 4.79 Å². The molecule has 0 aromatic heterocycles. The summed E-state index contributed by atoms with van der Waals surface area (Å²) in [7, 11) is 0. The minimum atomic E-state index is -0.581. The third-order valence-corrected chi connectivity index (χ3v) is 8.24. The van der Waals surface area contributed by atoms with E-state index in [1.54, 1.807) is 16.7 Å². The summed E-state index contributed by atoms with van der Waals surface area (Å²) in [6.07, 6.45) is -0.00224. The molecule has 2 heterocycles. The zero-order valence-electron chi connectivity index (χ0n) is 14.9. The molecular formula is C21H20BrNO3S. The van der Waals surface area contributed by atoms with Gasteiger partial charge >= 0.3 is 5.97 Å². The Hall–Kier alpha value is -1.79. The predicted molar refractivity (Wildman–Crippen MR) is 110 cm³/mol. The molecule has 0 N–H and O–H groups in total. The van der Waals surface area contributed by atoms with E-state index >= 15 is 0 Å². The number of benzene rings is 2. The van der Waals surface area contributed by atoms with Gasteiger partial charge in [0.25, 0.3) is 0 Å². The molecule has 2 aliphatic rings. The molecule has 2 fully saturated rings. The number of carbonyl (C=O) groups is 2. The topological polar surface area (TPSA) is 46.6 Å². The van der Waals surface area contributed by atoms with E-state index in [0.29, 0.717) is 11.8 Å². The van der Waals surface area contributed by atoms with Gasteiger partial charge in [0.2, 0.25) is 5.91 Å². The SMILES string of the molecule is CC1(CBr)SC2CC(=O)N2C1C(=O)OC(c1ccccc1)c1ccccc1. The number of esters is 1. The lowest BCUT2D eigenvalue weighted by Gasteiger charge is -2.38. The number of ether oxygens (including phenoxy) is 1. The highest BCUT2D eigenvalue weighted by Crippen LogP contribution is 2.52.